The second-order valence-electron chi connectivity index (χ2n) is 4.85. The lowest BCUT2D eigenvalue weighted by Crippen LogP contribution is -2.08. The fourth-order valence-electron chi connectivity index (χ4n) is 2.06. The third kappa shape index (κ3) is 3.68. The lowest BCUT2D eigenvalue weighted by molar-refractivity contribution is 0.0690. The first kappa shape index (κ1) is 14.6. The highest BCUT2D eigenvalue weighted by Gasteiger charge is 2.11. The highest BCUT2D eigenvalue weighted by atomic mass is 16.4. The summed E-state index contributed by atoms with van der Waals surface area (Å²) in [6.07, 6.45) is 3.44. The Bertz CT molecular complexity index is 807. The van der Waals surface area contributed by atoms with Crippen LogP contribution in [0.5, 0.6) is 0 Å². The molecule has 0 saturated heterocycles. The molecule has 0 amide bonds. The SMILES string of the molecule is O=C(O)c1cc(NCc2cccnc2)nc(-c2ccccc2)n1. The van der Waals surface area contributed by atoms with Gasteiger partial charge in [-0.05, 0) is 11.6 Å². The molecule has 0 radical (unpaired) electrons. The number of carbonyl (C=O) groups is 1. The molecule has 114 valence electrons. The van der Waals surface area contributed by atoms with Crippen LogP contribution in [0, 0.1) is 0 Å². The van der Waals surface area contributed by atoms with Crippen LogP contribution >= 0.6 is 0 Å². The number of anilines is 1. The van der Waals surface area contributed by atoms with E-state index < -0.39 is 5.97 Å². The van der Waals surface area contributed by atoms with Crippen LogP contribution in [0.3, 0.4) is 0 Å². The molecule has 6 nitrogen and oxygen atoms in total. The lowest BCUT2D eigenvalue weighted by Gasteiger charge is -2.08. The van der Waals surface area contributed by atoms with E-state index in [9.17, 15) is 9.90 Å². The maximum Gasteiger partial charge on any atom is 0.354 e. The molecule has 0 atom stereocenters. The quantitative estimate of drug-likeness (QED) is 0.753. The Morgan fingerprint density at radius 3 is 2.61 bits per heavy atom. The molecule has 6 heteroatoms. The van der Waals surface area contributed by atoms with Crippen LogP contribution in [-0.4, -0.2) is 26.0 Å². The Labute approximate surface area is 132 Å². The molecule has 3 rings (SSSR count). The Morgan fingerprint density at radius 1 is 1.09 bits per heavy atom. The third-order valence-corrected chi connectivity index (χ3v) is 3.17. The van der Waals surface area contributed by atoms with E-state index in [1.165, 1.54) is 6.07 Å². The minimum absolute atomic E-state index is 0.0486. The Kier molecular flexibility index (Phi) is 4.24. The Hall–Kier alpha value is -3.28. The van der Waals surface area contributed by atoms with Crippen LogP contribution in [0.15, 0.2) is 60.9 Å². The number of rotatable bonds is 5. The first-order valence-corrected chi connectivity index (χ1v) is 7.03. The van der Waals surface area contributed by atoms with E-state index in [4.69, 9.17) is 0 Å². The number of benzene rings is 1. The molecule has 0 unspecified atom stereocenters. The maximum absolute atomic E-state index is 11.3. The van der Waals surface area contributed by atoms with E-state index in [0.29, 0.717) is 18.2 Å². The summed E-state index contributed by atoms with van der Waals surface area (Å²) in [5.41, 5.74) is 1.69. The number of aromatic carboxylic acids is 1. The third-order valence-electron chi connectivity index (χ3n) is 3.17. The van der Waals surface area contributed by atoms with Gasteiger partial charge in [0.15, 0.2) is 11.5 Å². The van der Waals surface area contributed by atoms with E-state index in [2.05, 4.69) is 20.3 Å². The van der Waals surface area contributed by atoms with Crippen LogP contribution in [0.2, 0.25) is 0 Å². The Balaban J connectivity index is 1.90. The lowest BCUT2D eigenvalue weighted by atomic mass is 10.2. The summed E-state index contributed by atoms with van der Waals surface area (Å²) >= 11 is 0. The van der Waals surface area contributed by atoms with Crippen molar-refractivity contribution in [3.8, 4) is 11.4 Å². The average molecular weight is 306 g/mol. The first-order valence-electron chi connectivity index (χ1n) is 7.03. The molecular weight excluding hydrogens is 292 g/mol. The standard InChI is InChI=1S/C17H14N4O2/c22-17(23)14-9-15(19-11-12-5-4-8-18-10-12)21-16(20-14)13-6-2-1-3-7-13/h1-10H,11H2,(H,22,23)(H,19,20,21). The van der Waals surface area contributed by atoms with E-state index in [0.717, 1.165) is 11.1 Å². The van der Waals surface area contributed by atoms with Crippen molar-refractivity contribution in [1.82, 2.24) is 15.0 Å². The molecule has 23 heavy (non-hydrogen) atoms. The number of hydrogen-bond acceptors (Lipinski definition) is 5. The van der Waals surface area contributed by atoms with E-state index in [-0.39, 0.29) is 5.69 Å². The van der Waals surface area contributed by atoms with E-state index in [1.807, 2.05) is 42.5 Å². The highest BCUT2D eigenvalue weighted by Crippen LogP contribution is 2.18. The predicted molar refractivity (Wildman–Crippen MR) is 86.0 cm³/mol. The zero-order valence-electron chi connectivity index (χ0n) is 12.2. The van der Waals surface area contributed by atoms with Gasteiger partial charge in [-0.15, -0.1) is 0 Å². The molecule has 2 aromatic heterocycles. The summed E-state index contributed by atoms with van der Waals surface area (Å²) in [6.45, 7) is 0.498. The van der Waals surface area contributed by atoms with Crippen LogP contribution in [0.4, 0.5) is 5.82 Å². The second-order valence-corrected chi connectivity index (χ2v) is 4.85. The van der Waals surface area contributed by atoms with Crippen molar-refractivity contribution < 1.29 is 9.90 Å². The van der Waals surface area contributed by atoms with Gasteiger partial charge in [0.05, 0.1) is 0 Å². The van der Waals surface area contributed by atoms with Crippen LogP contribution < -0.4 is 5.32 Å². The molecule has 0 bridgehead atoms. The van der Waals surface area contributed by atoms with Gasteiger partial charge in [0.25, 0.3) is 0 Å². The molecule has 3 aromatic rings. The van der Waals surface area contributed by atoms with E-state index >= 15 is 0 Å². The van der Waals surface area contributed by atoms with Gasteiger partial charge in [0.2, 0.25) is 0 Å². The van der Waals surface area contributed by atoms with Crippen molar-refractivity contribution in [2.45, 2.75) is 6.54 Å². The van der Waals surface area contributed by atoms with E-state index in [1.54, 1.807) is 12.4 Å². The van der Waals surface area contributed by atoms with Crippen LogP contribution in [-0.2, 0) is 6.54 Å². The summed E-state index contributed by atoms with van der Waals surface area (Å²) in [5, 5.41) is 12.3. The van der Waals surface area contributed by atoms with Crippen LogP contribution in [0.25, 0.3) is 11.4 Å². The van der Waals surface area contributed by atoms with Gasteiger partial charge < -0.3 is 10.4 Å². The van der Waals surface area contributed by atoms with Gasteiger partial charge in [0.1, 0.15) is 5.82 Å². The molecule has 0 fully saturated rings. The van der Waals surface area contributed by atoms with Gasteiger partial charge in [-0.2, -0.15) is 0 Å². The molecule has 2 N–H and O–H groups in total. The molecule has 0 aliphatic carbocycles. The van der Waals surface area contributed by atoms with Crippen molar-refractivity contribution in [1.29, 1.82) is 0 Å². The number of hydrogen-bond donors (Lipinski definition) is 2. The zero-order chi connectivity index (χ0) is 16.1. The zero-order valence-corrected chi connectivity index (χ0v) is 12.2. The molecule has 0 aliphatic heterocycles. The minimum atomic E-state index is -1.09. The fraction of sp³-hybridized carbons (Fsp3) is 0.0588. The largest absolute Gasteiger partial charge is 0.477 e. The molecule has 0 aliphatic rings. The summed E-state index contributed by atoms with van der Waals surface area (Å²) in [6, 6.07) is 14.5. The molecular formula is C17H14N4O2. The predicted octanol–water partition coefficient (Wildman–Crippen LogP) is 2.85. The summed E-state index contributed by atoms with van der Waals surface area (Å²) in [7, 11) is 0. The van der Waals surface area contributed by atoms with Crippen molar-refractivity contribution in [2.75, 3.05) is 5.32 Å². The van der Waals surface area contributed by atoms with Crippen molar-refractivity contribution >= 4 is 11.8 Å². The van der Waals surface area contributed by atoms with Gasteiger partial charge in [-0.3, -0.25) is 4.98 Å². The molecule has 2 heterocycles. The normalized spacial score (nSPS) is 10.3. The number of nitrogens with one attached hydrogen (secondary N) is 1. The number of carboxylic acid groups (broad SMARTS) is 1. The summed E-state index contributed by atoms with van der Waals surface area (Å²) in [5.74, 6) is -0.256. The smallest absolute Gasteiger partial charge is 0.354 e. The van der Waals surface area contributed by atoms with Gasteiger partial charge in [-0.25, -0.2) is 14.8 Å². The number of carboxylic acids is 1. The summed E-state index contributed by atoms with van der Waals surface area (Å²) < 4.78 is 0. The van der Waals surface area contributed by atoms with Gasteiger partial charge >= 0.3 is 5.97 Å². The molecule has 0 spiro atoms. The number of aromatic nitrogens is 3. The van der Waals surface area contributed by atoms with Gasteiger partial charge in [0, 0.05) is 30.6 Å². The van der Waals surface area contributed by atoms with Gasteiger partial charge in [-0.1, -0.05) is 36.4 Å². The second kappa shape index (κ2) is 6.65. The van der Waals surface area contributed by atoms with Crippen LogP contribution in [0.1, 0.15) is 16.1 Å². The van der Waals surface area contributed by atoms with Crippen molar-refractivity contribution in [3.05, 3.63) is 72.2 Å². The monoisotopic (exact) mass is 306 g/mol. The molecule has 1 aromatic carbocycles. The summed E-state index contributed by atoms with van der Waals surface area (Å²) in [4.78, 5) is 23.8. The first-order chi connectivity index (χ1) is 11.2. The van der Waals surface area contributed by atoms with Crippen molar-refractivity contribution in [2.24, 2.45) is 0 Å². The average Bonchev–Trinajstić information content (AvgIpc) is 2.61. The number of pyridine rings is 1. The Morgan fingerprint density at radius 2 is 1.91 bits per heavy atom. The minimum Gasteiger partial charge on any atom is -0.477 e. The topological polar surface area (TPSA) is 88.0 Å². The highest BCUT2D eigenvalue weighted by molar-refractivity contribution is 5.87. The maximum atomic E-state index is 11.3. The fourth-order valence-corrected chi connectivity index (χ4v) is 2.06. The molecule has 0 saturated carbocycles. The van der Waals surface area contributed by atoms with Crippen molar-refractivity contribution in [3.63, 3.8) is 0 Å². The number of nitrogens with zero attached hydrogens (tertiary/aromatic N) is 3.